The van der Waals surface area contributed by atoms with Crippen molar-refractivity contribution in [2.45, 2.75) is 38.0 Å². The van der Waals surface area contributed by atoms with Crippen LogP contribution in [0.1, 0.15) is 49.4 Å². The summed E-state index contributed by atoms with van der Waals surface area (Å²) in [7, 11) is 0. The predicted molar refractivity (Wildman–Crippen MR) is 137 cm³/mol. The summed E-state index contributed by atoms with van der Waals surface area (Å²) in [5, 5.41) is 18.2. The number of benzene rings is 2. The summed E-state index contributed by atoms with van der Waals surface area (Å²) in [6.07, 6.45) is 9.31. The molecule has 0 amide bonds. The zero-order valence-electron chi connectivity index (χ0n) is 19.4. The number of aromatic amines is 2. The molecule has 6 rings (SSSR count). The van der Waals surface area contributed by atoms with Crippen LogP contribution in [0.3, 0.4) is 0 Å². The fourth-order valence-electron chi connectivity index (χ4n) is 4.48. The van der Waals surface area contributed by atoms with Crippen LogP contribution < -0.4 is 5.69 Å². The lowest BCUT2D eigenvalue weighted by atomic mass is 9.88. The van der Waals surface area contributed by atoms with Crippen molar-refractivity contribution in [1.29, 1.82) is 5.26 Å². The van der Waals surface area contributed by atoms with Crippen molar-refractivity contribution in [3.8, 4) is 23.3 Å². The van der Waals surface area contributed by atoms with Gasteiger partial charge in [0, 0.05) is 12.1 Å². The van der Waals surface area contributed by atoms with Crippen molar-refractivity contribution in [2.24, 2.45) is 0 Å². The van der Waals surface area contributed by atoms with E-state index in [-0.39, 0.29) is 5.69 Å². The Morgan fingerprint density at radius 1 is 1.00 bits per heavy atom. The molecule has 1 aliphatic carbocycles. The molecule has 0 unspecified atom stereocenters. The Morgan fingerprint density at radius 2 is 1.81 bits per heavy atom. The van der Waals surface area contributed by atoms with Crippen LogP contribution in [0.4, 0.5) is 0 Å². The molecule has 0 aliphatic heterocycles. The van der Waals surface area contributed by atoms with Crippen LogP contribution in [-0.2, 0) is 0 Å². The molecule has 3 aromatic heterocycles. The van der Waals surface area contributed by atoms with Crippen LogP contribution in [0.5, 0.6) is 0 Å². The van der Waals surface area contributed by atoms with Crippen LogP contribution in [-0.4, -0.2) is 34.7 Å². The molecule has 5 aromatic rings. The first-order valence-electron chi connectivity index (χ1n) is 11.7. The van der Waals surface area contributed by atoms with E-state index in [2.05, 4.69) is 34.7 Å². The molecule has 1 fully saturated rings. The van der Waals surface area contributed by atoms with Crippen molar-refractivity contribution in [2.75, 3.05) is 0 Å². The second-order valence-electron chi connectivity index (χ2n) is 8.55. The third-order valence-corrected chi connectivity index (χ3v) is 6.53. The lowest BCUT2D eigenvalue weighted by Gasteiger charge is -2.22. The number of imidazole rings is 1. The number of nitrogens with zero attached hydrogens (tertiary/aromatic N) is 6. The van der Waals surface area contributed by atoms with Gasteiger partial charge in [0.05, 0.1) is 33.4 Å². The van der Waals surface area contributed by atoms with E-state index in [1.54, 1.807) is 24.4 Å². The maximum Gasteiger partial charge on any atom is 0.323 e. The Kier molecular flexibility index (Phi) is 6.87. The lowest BCUT2D eigenvalue weighted by molar-refractivity contribution is 0.424. The molecule has 2 aromatic carbocycles. The molecule has 1 aliphatic rings. The number of halogens is 1. The van der Waals surface area contributed by atoms with Gasteiger partial charge in [-0.3, -0.25) is 4.57 Å². The van der Waals surface area contributed by atoms with Crippen molar-refractivity contribution >= 4 is 22.6 Å². The Morgan fingerprint density at radius 3 is 2.56 bits per heavy atom. The highest BCUT2D eigenvalue weighted by Gasteiger charge is 2.25. The van der Waals surface area contributed by atoms with Gasteiger partial charge >= 0.3 is 5.69 Å². The lowest BCUT2D eigenvalue weighted by Crippen LogP contribution is -2.12. The van der Waals surface area contributed by atoms with Crippen LogP contribution in [0.15, 0.2) is 65.8 Å². The molecule has 10 heteroatoms. The highest BCUT2D eigenvalue weighted by atomic mass is 35.5. The molecule has 180 valence electrons. The van der Waals surface area contributed by atoms with E-state index < -0.39 is 0 Å². The molecule has 2 N–H and O–H groups in total. The summed E-state index contributed by atoms with van der Waals surface area (Å²) >= 11 is 6.48. The SMILES string of the molecule is Clc1ccccc1-n1c(-c2ccncn2)nnc1C1CCCCC1.N#Cc1ccc2[nH]c(=O)[nH]c2c1. The number of nitriles is 1. The normalized spacial score (nSPS) is 13.7. The Hall–Kier alpha value is -4.29. The minimum absolute atomic E-state index is 0.250. The maximum absolute atomic E-state index is 10.8. The number of H-pyrrole nitrogens is 2. The molecule has 0 radical (unpaired) electrons. The topological polar surface area (TPSA) is 129 Å². The number of para-hydroxylation sites is 1. The van der Waals surface area contributed by atoms with Gasteiger partial charge in [0.25, 0.3) is 0 Å². The highest BCUT2D eigenvalue weighted by Crippen LogP contribution is 2.36. The summed E-state index contributed by atoms with van der Waals surface area (Å²) in [6.45, 7) is 0. The van der Waals surface area contributed by atoms with E-state index in [4.69, 9.17) is 16.9 Å². The minimum Gasteiger partial charge on any atom is -0.306 e. The molecular formula is C26H23ClN8O. The molecular weight excluding hydrogens is 476 g/mol. The van der Waals surface area contributed by atoms with Gasteiger partial charge in [0.15, 0.2) is 5.82 Å². The van der Waals surface area contributed by atoms with Crippen molar-refractivity contribution < 1.29 is 0 Å². The summed E-state index contributed by atoms with van der Waals surface area (Å²) in [4.78, 5) is 24.3. The number of nitrogens with one attached hydrogen (secondary N) is 2. The monoisotopic (exact) mass is 498 g/mol. The Bertz CT molecular complexity index is 1580. The number of hydrogen-bond acceptors (Lipinski definition) is 6. The van der Waals surface area contributed by atoms with E-state index in [0.717, 1.165) is 35.6 Å². The van der Waals surface area contributed by atoms with Crippen molar-refractivity contribution in [1.82, 2.24) is 34.7 Å². The first kappa shape index (κ1) is 23.5. The number of rotatable bonds is 3. The van der Waals surface area contributed by atoms with Gasteiger partial charge in [0.1, 0.15) is 17.8 Å². The summed E-state index contributed by atoms with van der Waals surface area (Å²) in [5.41, 5.74) is 3.33. The fourth-order valence-corrected chi connectivity index (χ4v) is 4.70. The fraction of sp³-hybridized carbons (Fsp3) is 0.231. The molecule has 36 heavy (non-hydrogen) atoms. The average molecular weight is 499 g/mol. The van der Waals surface area contributed by atoms with E-state index in [9.17, 15) is 4.79 Å². The highest BCUT2D eigenvalue weighted by molar-refractivity contribution is 6.32. The third-order valence-electron chi connectivity index (χ3n) is 6.21. The van der Waals surface area contributed by atoms with Crippen molar-refractivity contribution in [3.05, 3.63) is 87.9 Å². The molecule has 9 nitrogen and oxygen atoms in total. The third kappa shape index (κ3) is 4.90. The van der Waals surface area contributed by atoms with Gasteiger partial charge in [-0.1, -0.05) is 43.0 Å². The zero-order valence-corrected chi connectivity index (χ0v) is 20.1. The first-order chi connectivity index (χ1) is 17.6. The van der Waals surface area contributed by atoms with E-state index in [0.29, 0.717) is 27.8 Å². The van der Waals surface area contributed by atoms with Gasteiger partial charge in [-0.05, 0) is 49.2 Å². The second kappa shape index (κ2) is 10.5. The van der Waals surface area contributed by atoms with Crippen LogP contribution in [0, 0.1) is 11.3 Å². The molecule has 0 bridgehead atoms. The second-order valence-corrected chi connectivity index (χ2v) is 8.96. The summed E-state index contributed by atoms with van der Waals surface area (Å²) in [5.74, 6) is 2.11. The number of aromatic nitrogens is 7. The predicted octanol–water partition coefficient (Wildman–Crippen LogP) is 5.15. The number of fused-ring (bicyclic) bond motifs is 1. The first-order valence-corrected chi connectivity index (χ1v) is 12.1. The van der Waals surface area contributed by atoms with Crippen LogP contribution in [0.25, 0.3) is 28.2 Å². The molecule has 0 atom stereocenters. The maximum atomic E-state index is 10.8. The molecule has 0 saturated heterocycles. The van der Waals surface area contributed by atoms with Gasteiger partial charge in [-0.2, -0.15) is 5.26 Å². The Labute approximate surface area is 211 Å². The largest absolute Gasteiger partial charge is 0.323 e. The van der Waals surface area contributed by atoms with Crippen molar-refractivity contribution in [3.63, 3.8) is 0 Å². The quantitative estimate of drug-likeness (QED) is 0.353. The summed E-state index contributed by atoms with van der Waals surface area (Å²) < 4.78 is 2.07. The van der Waals surface area contributed by atoms with E-state index in [1.165, 1.54) is 25.6 Å². The van der Waals surface area contributed by atoms with E-state index >= 15 is 0 Å². The number of hydrogen-bond donors (Lipinski definition) is 2. The summed E-state index contributed by atoms with van der Waals surface area (Å²) in [6, 6.07) is 16.6. The zero-order chi connectivity index (χ0) is 24.9. The Balaban J connectivity index is 0.000000186. The minimum atomic E-state index is -0.250. The van der Waals surface area contributed by atoms with Gasteiger partial charge < -0.3 is 9.97 Å². The standard InChI is InChI=1S/C18H18ClN5.C8H5N3O/c19-14-8-4-5-9-16(14)24-17(13-6-2-1-3-7-13)22-23-18(24)15-10-11-20-12-21-15;9-4-5-1-2-6-7(3-5)11-8(12)10-6/h4-5,8-13H,1-3,6-7H2;1-3H,(H2,10,11,12). The van der Waals surface area contributed by atoms with Gasteiger partial charge in [-0.25, -0.2) is 14.8 Å². The molecule has 1 saturated carbocycles. The van der Waals surface area contributed by atoms with Crippen LogP contribution in [0.2, 0.25) is 5.02 Å². The smallest absolute Gasteiger partial charge is 0.306 e. The average Bonchev–Trinajstić information content (AvgIpc) is 3.53. The molecule has 0 spiro atoms. The van der Waals surface area contributed by atoms with Crippen LogP contribution >= 0.6 is 11.6 Å². The van der Waals surface area contributed by atoms with Gasteiger partial charge in [-0.15, -0.1) is 10.2 Å². The molecule has 3 heterocycles. The van der Waals surface area contributed by atoms with Gasteiger partial charge in [0.2, 0.25) is 0 Å². The van der Waals surface area contributed by atoms with E-state index in [1.807, 2.05) is 36.4 Å².